The third kappa shape index (κ3) is 7.49. The number of benzene rings is 1. The minimum Gasteiger partial charge on any atom is -0.493 e. The van der Waals surface area contributed by atoms with Gasteiger partial charge in [0, 0.05) is 18.9 Å². The van der Waals surface area contributed by atoms with Gasteiger partial charge in [-0.15, -0.1) is 0 Å². The van der Waals surface area contributed by atoms with Crippen molar-refractivity contribution in [2.45, 2.75) is 39.2 Å². The number of carbonyl (C=O) groups is 1. The van der Waals surface area contributed by atoms with Gasteiger partial charge in [-0.3, -0.25) is 0 Å². The first-order valence-corrected chi connectivity index (χ1v) is 7.91. The number of ether oxygens (including phenoxy) is 1. The third-order valence-electron chi connectivity index (χ3n) is 3.41. The molecule has 0 aliphatic rings. The number of nitrogens with zero attached hydrogens (tertiary/aromatic N) is 2. The molecule has 0 spiro atoms. The maximum Gasteiger partial charge on any atom is 0.490 e. The summed E-state index contributed by atoms with van der Waals surface area (Å²) in [4.78, 5) is 13.0. The molecule has 28 heavy (non-hydrogen) atoms. The van der Waals surface area contributed by atoms with Gasteiger partial charge in [0.1, 0.15) is 11.6 Å². The van der Waals surface area contributed by atoms with Gasteiger partial charge in [0.2, 0.25) is 0 Å². The summed E-state index contributed by atoms with van der Waals surface area (Å²) in [5.74, 6) is -2.00. The zero-order valence-corrected chi connectivity index (χ0v) is 14.9. The molecule has 11 heteroatoms. The van der Waals surface area contributed by atoms with Crippen molar-refractivity contribution in [1.29, 1.82) is 0 Å². The van der Waals surface area contributed by atoms with Crippen LogP contribution in [0.25, 0.3) is 0 Å². The van der Waals surface area contributed by atoms with E-state index in [1.807, 2.05) is 17.7 Å². The minimum absolute atomic E-state index is 0.115. The van der Waals surface area contributed by atoms with Crippen LogP contribution in [-0.4, -0.2) is 33.4 Å². The number of imidazole rings is 1. The summed E-state index contributed by atoms with van der Waals surface area (Å²) >= 11 is 0. The van der Waals surface area contributed by atoms with E-state index >= 15 is 0 Å². The molecule has 2 rings (SSSR count). The predicted molar refractivity (Wildman–Crippen MR) is 86.9 cm³/mol. The van der Waals surface area contributed by atoms with Crippen molar-refractivity contribution in [2.75, 3.05) is 6.61 Å². The summed E-state index contributed by atoms with van der Waals surface area (Å²) in [7, 11) is 0. The third-order valence-corrected chi connectivity index (χ3v) is 3.41. The fourth-order valence-electron chi connectivity index (χ4n) is 2.05. The molecule has 0 fully saturated rings. The van der Waals surface area contributed by atoms with Crippen LogP contribution in [0.2, 0.25) is 0 Å². The lowest BCUT2D eigenvalue weighted by atomic mass is 10.1. The van der Waals surface area contributed by atoms with Gasteiger partial charge >= 0.3 is 18.3 Å². The van der Waals surface area contributed by atoms with Crippen LogP contribution in [0.5, 0.6) is 5.75 Å². The normalized spacial score (nSPS) is 11.6. The van der Waals surface area contributed by atoms with Crippen LogP contribution in [0.3, 0.4) is 0 Å². The van der Waals surface area contributed by atoms with Gasteiger partial charge in [0.15, 0.2) is 0 Å². The number of aliphatic carboxylic acids is 1. The Morgan fingerprint density at radius 2 is 1.79 bits per heavy atom. The highest BCUT2D eigenvalue weighted by Crippen LogP contribution is 2.36. The van der Waals surface area contributed by atoms with Gasteiger partial charge in [0.25, 0.3) is 0 Å². The van der Waals surface area contributed by atoms with E-state index in [1.165, 1.54) is 6.07 Å². The highest BCUT2D eigenvalue weighted by molar-refractivity contribution is 5.73. The van der Waals surface area contributed by atoms with Gasteiger partial charge in [-0.25, -0.2) is 9.78 Å². The Morgan fingerprint density at radius 1 is 1.18 bits per heavy atom. The summed E-state index contributed by atoms with van der Waals surface area (Å²) in [6.45, 7) is 4.40. The second kappa shape index (κ2) is 9.47. The molecule has 0 saturated heterocycles. The molecule has 0 bridgehead atoms. The Balaban J connectivity index is 0.000000480. The molecule has 2 aromatic rings. The molecule has 1 heterocycles. The molecule has 156 valence electrons. The van der Waals surface area contributed by atoms with E-state index in [-0.39, 0.29) is 12.4 Å². The van der Waals surface area contributed by atoms with E-state index in [0.29, 0.717) is 18.5 Å². The van der Waals surface area contributed by atoms with Crippen molar-refractivity contribution in [3.63, 3.8) is 0 Å². The van der Waals surface area contributed by atoms with Crippen molar-refractivity contribution in [3.05, 3.63) is 47.5 Å². The molecule has 0 atom stereocenters. The molecule has 1 N–H and O–H groups in total. The molecule has 1 aromatic carbocycles. The second-order valence-electron chi connectivity index (χ2n) is 5.67. The molecule has 0 aliphatic carbocycles. The number of rotatable bonds is 5. The summed E-state index contributed by atoms with van der Waals surface area (Å²) in [5.41, 5.74) is -0.162. The standard InChI is InChI=1S/C15H17F3N2O.C2HF3O2/c1-11-4-5-14(13(10-11)15(16,17)18)21-9-3-7-20-8-6-19-12(20)2;3-2(4,5)1(6)7/h4-6,8,10H,3,7,9H2,1-2H3;(H,6,7). The number of hydrogen-bond donors (Lipinski definition) is 1. The van der Waals surface area contributed by atoms with Gasteiger partial charge in [-0.1, -0.05) is 11.6 Å². The average Bonchev–Trinajstić information content (AvgIpc) is 2.96. The smallest absolute Gasteiger partial charge is 0.490 e. The highest BCUT2D eigenvalue weighted by atomic mass is 19.4. The molecule has 5 nitrogen and oxygen atoms in total. The molecule has 0 unspecified atom stereocenters. The van der Waals surface area contributed by atoms with Gasteiger partial charge in [-0.2, -0.15) is 26.3 Å². The Labute approximate surface area is 156 Å². The number of hydrogen-bond acceptors (Lipinski definition) is 3. The summed E-state index contributed by atoms with van der Waals surface area (Å²) in [6, 6.07) is 4.10. The Bertz CT molecular complexity index is 784. The molecular weight excluding hydrogens is 394 g/mol. The van der Waals surface area contributed by atoms with E-state index in [2.05, 4.69) is 4.98 Å². The lowest BCUT2D eigenvalue weighted by Crippen LogP contribution is -2.21. The first-order chi connectivity index (χ1) is 12.8. The summed E-state index contributed by atoms with van der Waals surface area (Å²) in [5, 5.41) is 7.12. The number of alkyl halides is 6. The van der Waals surface area contributed by atoms with Crippen LogP contribution >= 0.6 is 0 Å². The van der Waals surface area contributed by atoms with E-state index in [4.69, 9.17) is 14.6 Å². The van der Waals surface area contributed by atoms with E-state index < -0.39 is 23.9 Å². The topological polar surface area (TPSA) is 64.4 Å². The zero-order valence-electron chi connectivity index (χ0n) is 14.9. The van der Waals surface area contributed by atoms with Crippen LogP contribution in [0.1, 0.15) is 23.4 Å². The van der Waals surface area contributed by atoms with Crippen LogP contribution in [0.4, 0.5) is 26.3 Å². The molecule has 0 amide bonds. The maximum absolute atomic E-state index is 12.9. The van der Waals surface area contributed by atoms with Crippen molar-refractivity contribution >= 4 is 5.97 Å². The van der Waals surface area contributed by atoms with Crippen LogP contribution in [-0.2, 0) is 17.5 Å². The maximum atomic E-state index is 12.9. The van der Waals surface area contributed by atoms with Crippen LogP contribution < -0.4 is 4.74 Å². The van der Waals surface area contributed by atoms with Crippen molar-refractivity contribution in [3.8, 4) is 5.75 Å². The average molecular weight is 412 g/mol. The monoisotopic (exact) mass is 412 g/mol. The summed E-state index contributed by atoms with van der Waals surface area (Å²) < 4.78 is 77.7. The number of aromatic nitrogens is 2. The number of carboxylic acids is 1. The van der Waals surface area contributed by atoms with Crippen molar-refractivity contribution in [2.24, 2.45) is 0 Å². The fraction of sp³-hybridized carbons (Fsp3) is 0.412. The first kappa shape index (κ1) is 23.3. The second-order valence-corrected chi connectivity index (χ2v) is 5.67. The number of carboxylic acid groups (broad SMARTS) is 1. The SMILES string of the molecule is Cc1ccc(OCCCn2ccnc2C)c(C(F)(F)F)c1.O=C(O)C(F)(F)F. The lowest BCUT2D eigenvalue weighted by Gasteiger charge is -2.15. The molecular formula is C17H18F6N2O3. The quantitative estimate of drug-likeness (QED) is 0.575. The minimum atomic E-state index is -5.08. The predicted octanol–water partition coefficient (Wildman–Crippen LogP) is 4.62. The largest absolute Gasteiger partial charge is 0.493 e. The Morgan fingerprint density at radius 3 is 2.25 bits per heavy atom. The van der Waals surface area contributed by atoms with Crippen LogP contribution in [0, 0.1) is 13.8 Å². The summed E-state index contributed by atoms with van der Waals surface area (Å²) in [6.07, 6.45) is -5.34. The Kier molecular flexibility index (Phi) is 7.89. The van der Waals surface area contributed by atoms with Gasteiger partial charge in [0.05, 0.1) is 12.2 Å². The number of aryl methyl sites for hydroxylation is 3. The Hall–Kier alpha value is -2.72. The fourth-order valence-corrected chi connectivity index (χ4v) is 2.05. The molecule has 0 saturated carbocycles. The van der Waals surface area contributed by atoms with E-state index in [0.717, 1.165) is 11.9 Å². The zero-order chi connectivity index (χ0) is 21.5. The van der Waals surface area contributed by atoms with E-state index in [1.54, 1.807) is 19.2 Å². The lowest BCUT2D eigenvalue weighted by molar-refractivity contribution is -0.192. The molecule has 0 radical (unpaired) electrons. The highest BCUT2D eigenvalue weighted by Gasteiger charge is 2.38. The van der Waals surface area contributed by atoms with E-state index in [9.17, 15) is 26.3 Å². The van der Waals surface area contributed by atoms with Gasteiger partial charge in [-0.05, 0) is 32.4 Å². The van der Waals surface area contributed by atoms with Crippen molar-refractivity contribution in [1.82, 2.24) is 9.55 Å². The van der Waals surface area contributed by atoms with Gasteiger partial charge < -0.3 is 14.4 Å². The number of halogens is 6. The first-order valence-electron chi connectivity index (χ1n) is 7.91. The van der Waals surface area contributed by atoms with Crippen LogP contribution in [0.15, 0.2) is 30.6 Å². The molecule has 1 aromatic heterocycles. The molecule has 0 aliphatic heterocycles. The van der Waals surface area contributed by atoms with Crippen molar-refractivity contribution < 1.29 is 41.0 Å².